The molecule has 2 amide bonds. The van der Waals surface area contributed by atoms with Crippen molar-refractivity contribution in [2.45, 2.75) is 24.7 Å². The van der Waals surface area contributed by atoms with Crippen LogP contribution < -0.4 is 10.6 Å². The number of hydrogen-bond acceptors (Lipinski definition) is 4. The minimum absolute atomic E-state index is 0.0842. The summed E-state index contributed by atoms with van der Waals surface area (Å²) in [7, 11) is 0. The fourth-order valence-electron chi connectivity index (χ4n) is 2.97. The third-order valence-corrected chi connectivity index (χ3v) is 4.53. The van der Waals surface area contributed by atoms with Crippen LogP contribution in [0.2, 0.25) is 0 Å². The number of hydrogen-bond donors (Lipinski definition) is 2. The minimum Gasteiger partial charge on any atom is -0.354 e. The molecule has 6 nitrogen and oxygen atoms in total. The Kier molecular flexibility index (Phi) is 5.02. The molecule has 1 aliphatic rings. The van der Waals surface area contributed by atoms with Gasteiger partial charge in [0.05, 0.1) is 11.6 Å². The van der Waals surface area contributed by atoms with Crippen molar-refractivity contribution in [2.75, 3.05) is 13.1 Å². The number of halogens is 1. The highest BCUT2D eigenvalue weighted by atomic mass is 19.1. The van der Waals surface area contributed by atoms with Gasteiger partial charge in [0.25, 0.3) is 5.91 Å². The van der Waals surface area contributed by atoms with Gasteiger partial charge < -0.3 is 10.6 Å². The highest BCUT2D eigenvalue weighted by Crippen LogP contribution is 2.43. The molecule has 1 heterocycles. The van der Waals surface area contributed by atoms with E-state index in [2.05, 4.69) is 20.6 Å². The first-order valence-electron chi connectivity index (χ1n) is 8.20. The maximum absolute atomic E-state index is 13.1. The van der Waals surface area contributed by atoms with Gasteiger partial charge in [0.2, 0.25) is 5.91 Å². The Labute approximate surface area is 144 Å². The number of amides is 2. The van der Waals surface area contributed by atoms with E-state index in [9.17, 15) is 14.0 Å². The first-order chi connectivity index (χ1) is 12.1. The Morgan fingerprint density at radius 3 is 2.40 bits per heavy atom. The molecule has 0 radical (unpaired) electrons. The Bertz CT molecular complexity index is 745. The van der Waals surface area contributed by atoms with Crippen molar-refractivity contribution in [3.05, 3.63) is 59.9 Å². The molecule has 25 heavy (non-hydrogen) atoms. The van der Waals surface area contributed by atoms with Crippen molar-refractivity contribution in [3.63, 3.8) is 0 Å². The third-order valence-electron chi connectivity index (χ3n) is 4.53. The summed E-state index contributed by atoms with van der Waals surface area (Å²) in [6, 6.07) is 6.10. The maximum atomic E-state index is 13.1. The molecule has 0 unspecified atom stereocenters. The Balaban J connectivity index is 1.51. The lowest BCUT2D eigenvalue weighted by atomic mass is 9.64. The minimum atomic E-state index is -0.581. The average molecular weight is 342 g/mol. The molecular weight excluding hydrogens is 323 g/mol. The van der Waals surface area contributed by atoms with Gasteiger partial charge in [0, 0.05) is 25.5 Å². The zero-order valence-corrected chi connectivity index (χ0v) is 13.7. The number of nitrogens with zero attached hydrogens (tertiary/aromatic N) is 2. The van der Waals surface area contributed by atoms with Crippen LogP contribution in [0, 0.1) is 5.82 Å². The van der Waals surface area contributed by atoms with Crippen LogP contribution in [0.4, 0.5) is 4.39 Å². The number of aromatic nitrogens is 2. The van der Waals surface area contributed by atoms with Crippen LogP contribution in [0.5, 0.6) is 0 Å². The van der Waals surface area contributed by atoms with E-state index in [4.69, 9.17) is 0 Å². The lowest BCUT2D eigenvalue weighted by molar-refractivity contribution is -0.129. The van der Waals surface area contributed by atoms with Gasteiger partial charge >= 0.3 is 0 Å². The van der Waals surface area contributed by atoms with Gasteiger partial charge in [-0.15, -0.1) is 0 Å². The number of benzene rings is 1. The standard InChI is InChI=1S/C18H19FN4O2/c19-14-4-2-13(3-5-14)18(6-1-7-18)17(25)23-11-10-22-16(24)15-12-20-8-9-21-15/h2-5,8-9,12H,1,6-7,10-11H2,(H,22,24)(H,23,25). The molecule has 1 aliphatic carbocycles. The van der Waals surface area contributed by atoms with E-state index in [1.54, 1.807) is 12.1 Å². The van der Waals surface area contributed by atoms with E-state index < -0.39 is 5.41 Å². The molecule has 2 N–H and O–H groups in total. The van der Waals surface area contributed by atoms with Crippen molar-refractivity contribution in [1.82, 2.24) is 20.6 Å². The van der Waals surface area contributed by atoms with Gasteiger partial charge in [-0.25, -0.2) is 9.37 Å². The fraction of sp³-hybridized carbons (Fsp3) is 0.333. The van der Waals surface area contributed by atoms with Crippen molar-refractivity contribution in [3.8, 4) is 0 Å². The summed E-state index contributed by atoms with van der Waals surface area (Å²) in [5.41, 5.74) is 0.486. The maximum Gasteiger partial charge on any atom is 0.271 e. The number of rotatable bonds is 6. The number of carbonyl (C=O) groups is 2. The molecule has 0 atom stereocenters. The predicted octanol–water partition coefficient (Wildman–Crippen LogP) is 1.58. The van der Waals surface area contributed by atoms with Crippen molar-refractivity contribution >= 4 is 11.8 Å². The lowest BCUT2D eigenvalue weighted by Crippen LogP contribution is -2.50. The quantitative estimate of drug-likeness (QED) is 0.781. The van der Waals surface area contributed by atoms with Gasteiger partial charge in [-0.2, -0.15) is 0 Å². The third kappa shape index (κ3) is 3.65. The van der Waals surface area contributed by atoms with Crippen molar-refractivity contribution < 1.29 is 14.0 Å². The molecule has 1 aromatic carbocycles. The van der Waals surface area contributed by atoms with Gasteiger partial charge in [0.15, 0.2) is 0 Å². The molecule has 0 saturated heterocycles. The van der Waals surface area contributed by atoms with Crippen LogP contribution in [0.25, 0.3) is 0 Å². The monoisotopic (exact) mass is 342 g/mol. The second-order valence-electron chi connectivity index (χ2n) is 6.05. The van der Waals surface area contributed by atoms with Gasteiger partial charge in [-0.1, -0.05) is 18.6 Å². The predicted molar refractivity (Wildman–Crippen MR) is 89.3 cm³/mol. The summed E-state index contributed by atoms with van der Waals surface area (Å²) in [6.45, 7) is 0.606. The van der Waals surface area contributed by atoms with Crippen LogP contribution in [-0.4, -0.2) is 34.9 Å². The second-order valence-corrected chi connectivity index (χ2v) is 6.05. The number of carbonyl (C=O) groups excluding carboxylic acids is 2. The first-order valence-corrected chi connectivity index (χ1v) is 8.20. The molecule has 0 aliphatic heterocycles. The van der Waals surface area contributed by atoms with E-state index in [1.807, 2.05) is 0 Å². The molecular formula is C18H19FN4O2. The fourth-order valence-corrected chi connectivity index (χ4v) is 2.97. The van der Waals surface area contributed by atoms with Crippen LogP contribution in [0.3, 0.4) is 0 Å². The molecule has 2 aromatic rings. The first kappa shape index (κ1) is 17.0. The summed E-state index contributed by atoms with van der Waals surface area (Å²) in [5.74, 6) is -0.733. The lowest BCUT2D eigenvalue weighted by Gasteiger charge is -2.40. The topological polar surface area (TPSA) is 84.0 Å². The van der Waals surface area contributed by atoms with Gasteiger partial charge in [-0.05, 0) is 30.5 Å². The highest BCUT2D eigenvalue weighted by Gasteiger charge is 2.45. The van der Waals surface area contributed by atoms with Crippen LogP contribution in [-0.2, 0) is 10.2 Å². The molecule has 1 aromatic heterocycles. The van der Waals surface area contributed by atoms with Gasteiger partial charge in [-0.3, -0.25) is 14.6 Å². The Morgan fingerprint density at radius 1 is 1.08 bits per heavy atom. The summed E-state index contributed by atoms with van der Waals surface area (Å²) in [4.78, 5) is 32.2. The molecule has 3 rings (SSSR count). The van der Waals surface area contributed by atoms with E-state index >= 15 is 0 Å². The van der Waals surface area contributed by atoms with E-state index in [-0.39, 0.29) is 23.3 Å². The molecule has 7 heteroatoms. The zero-order valence-electron chi connectivity index (χ0n) is 13.7. The Morgan fingerprint density at radius 2 is 1.80 bits per heavy atom. The van der Waals surface area contributed by atoms with Crippen molar-refractivity contribution in [1.29, 1.82) is 0 Å². The normalized spacial score (nSPS) is 15.1. The summed E-state index contributed by atoms with van der Waals surface area (Å²) in [6.07, 6.45) is 6.77. The molecule has 0 spiro atoms. The van der Waals surface area contributed by atoms with Crippen LogP contribution in [0.1, 0.15) is 35.3 Å². The van der Waals surface area contributed by atoms with E-state index in [0.717, 1.165) is 24.8 Å². The number of nitrogens with one attached hydrogen (secondary N) is 2. The zero-order chi connectivity index (χ0) is 17.7. The largest absolute Gasteiger partial charge is 0.354 e. The van der Waals surface area contributed by atoms with Crippen LogP contribution >= 0.6 is 0 Å². The van der Waals surface area contributed by atoms with Crippen LogP contribution in [0.15, 0.2) is 42.9 Å². The highest BCUT2D eigenvalue weighted by molar-refractivity contribution is 5.92. The SMILES string of the molecule is O=C(NCCNC(=O)C1(c2ccc(F)cc2)CCC1)c1cnccn1. The summed E-state index contributed by atoms with van der Waals surface area (Å²) >= 11 is 0. The van der Waals surface area contributed by atoms with E-state index in [1.165, 1.54) is 30.7 Å². The molecule has 1 fully saturated rings. The summed E-state index contributed by atoms with van der Waals surface area (Å²) < 4.78 is 13.1. The summed E-state index contributed by atoms with van der Waals surface area (Å²) in [5, 5.41) is 5.55. The molecule has 1 saturated carbocycles. The molecule has 130 valence electrons. The average Bonchev–Trinajstić information content (AvgIpc) is 2.60. The smallest absolute Gasteiger partial charge is 0.271 e. The van der Waals surface area contributed by atoms with Crippen molar-refractivity contribution in [2.24, 2.45) is 0 Å². The second kappa shape index (κ2) is 7.38. The van der Waals surface area contributed by atoms with E-state index in [0.29, 0.717) is 13.1 Å². The Hall–Kier alpha value is -2.83. The molecule has 0 bridgehead atoms. The van der Waals surface area contributed by atoms with Gasteiger partial charge in [0.1, 0.15) is 11.5 Å².